The second kappa shape index (κ2) is 15.1. The third-order valence-electron chi connectivity index (χ3n) is 9.80. The minimum atomic E-state index is -3.92. The summed E-state index contributed by atoms with van der Waals surface area (Å²) in [4.78, 5) is 60.3. The molecule has 4 unspecified atom stereocenters. The number of nitrogens with one attached hydrogen (secondary N) is 3. The number of sulfonamides is 1. The first-order valence-corrected chi connectivity index (χ1v) is 18.5. The fraction of sp³-hybridized carbons (Fsp3) is 0.528. The molecule has 0 radical (unpaired) electrons. The first kappa shape index (κ1) is 36.0. The fourth-order valence-corrected chi connectivity index (χ4v) is 7.67. The Morgan fingerprint density at radius 1 is 1.00 bits per heavy atom. The molecule has 2 aliphatic carbocycles. The fourth-order valence-electron chi connectivity index (χ4n) is 6.38. The molecule has 5 rings (SSSR count). The average Bonchev–Trinajstić information content (AvgIpc) is 3.68. The molecular weight excluding hydrogens is 646 g/mol. The lowest BCUT2D eigenvalue weighted by atomic mass is 9.93. The molecule has 2 saturated carbocycles. The third kappa shape index (κ3) is 8.86. The highest BCUT2D eigenvalue weighted by molar-refractivity contribution is 7.91. The number of anilines is 1. The number of aromatic nitrogens is 1. The van der Waals surface area contributed by atoms with Gasteiger partial charge in [-0.1, -0.05) is 30.4 Å². The summed E-state index contributed by atoms with van der Waals surface area (Å²) in [5.41, 5.74) is 3.83. The molecule has 0 bridgehead atoms. The summed E-state index contributed by atoms with van der Waals surface area (Å²) in [6, 6.07) is 8.30. The Kier molecular flexibility index (Phi) is 11.1. The van der Waals surface area contributed by atoms with Crippen molar-refractivity contribution >= 4 is 39.5 Å². The van der Waals surface area contributed by atoms with E-state index < -0.39 is 56.7 Å². The van der Waals surface area contributed by atoms with E-state index in [-0.39, 0.29) is 25.2 Å². The van der Waals surface area contributed by atoms with Gasteiger partial charge in [0.05, 0.1) is 28.0 Å². The van der Waals surface area contributed by atoms with E-state index in [1.165, 1.54) is 0 Å². The number of nitrogens with zero attached hydrogens (tertiary/aromatic N) is 2. The maximum Gasteiger partial charge on any atom is 0.411 e. The van der Waals surface area contributed by atoms with Gasteiger partial charge in [0.1, 0.15) is 12.1 Å². The van der Waals surface area contributed by atoms with E-state index in [2.05, 4.69) is 20.3 Å². The summed E-state index contributed by atoms with van der Waals surface area (Å²) >= 11 is 0. The molecular formula is C36H47N5O7S. The van der Waals surface area contributed by atoms with Gasteiger partial charge < -0.3 is 15.0 Å². The van der Waals surface area contributed by atoms with E-state index in [9.17, 15) is 27.6 Å². The molecule has 2 heterocycles. The molecule has 12 nitrogen and oxygen atoms in total. The van der Waals surface area contributed by atoms with Gasteiger partial charge in [0, 0.05) is 25.4 Å². The van der Waals surface area contributed by atoms with Crippen LogP contribution in [0.25, 0.3) is 11.3 Å². The highest BCUT2D eigenvalue weighted by Crippen LogP contribution is 2.42. The maximum absolute atomic E-state index is 13.9. The van der Waals surface area contributed by atoms with Gasteiger partial charge in [-0.25, -0.2) is 13.2 Å². The highest BCUT2D eigenvalue weighted by atomic mass is 32.2. The van der Waals surface area contributed by atoms with Crippen molar-refractivity contribution in [2.24, 2.45) is 11.8 Å². The van der Waals surface area contributed by atoms with Gasteiger partial charge in [-0.3, -0.25) is 29.4 Å². The van der Waals surface area contributed by atoms with Crippen LogP contribution in [0.1, 0.15) is 75.8 Å². The minimum Gasteiger partial charge on any atom is -0.446 e. The van der Waals surface area contributed by atoms with Crippen LogP contribution >= 0.6 is 0 Å². The lowest BCUT2D eigenvalue weighted by molar-refractivity contribution is -0.140. The quantitative estimate of drug-likeness (QED) is 0.365. The van der Waals surface area contributed by atoms with Crippen molar-refractivity contribution in [3.63, 3.8) is 0 Å². The molecule has 3 N–H and O–H groups in total. The van der Waals surface area contributed by atoms with Gasteiger partial charge in [-0.2, -0.15) is 0 Å². The minimum absolute atomic E-state index is 0.0638. The van der Waals surface area contributed by atoms with E-state index in [1.807, 2.05) is 56.3 Å². The van der Waals surface area contributed by atoms with Crippen LogP contribution in [0, 0.1) is 25.7 Å². The number of amides is 4. The molecule has 49 heavy (non-hydrogen) atoms. The van der Waals surface area contributed by atoms with Crippen molar-refractivity contribution in [1.29, 1.82) is 0 Å². The molecule has 1 aromatic heterocycles. The first-order valence-electron chi connectivity index (χ1n) is 17.0. The van der Waals surface area contributed by atoms with Crippen LogP contribution in [0.3, 0.4) is 0 Å². The van der Waals surface area contributed by atoms with Gasteiger partial charge in [-0.05, 0) is 102 Å². The van der Waals surface area contributed by atoms with Crippen LogP contribution in [-0.2, 0) is 29.1 Å². The van der Waals surface area contributed by atoms with Crippen LogP contribution in [0.15, 0.2) is 48.7 Å². The number of aryl methyl sites for hydroxylation is 2. The normalized spacial score (nSPS) is 24.5. The molecule has 2 fully saturated rings. The smallest absolute Gasteiger partial charge is 0.411 e. The predicted octanol–water partition coefficient (Wildman–Crippen LogP) is 4.77. The summed E-state index contributed by atoms with van der Waals surface area (Å²) in [5.74, 6) is -3.29. The summed E-state index contributed by atoms with van der Waals surface area (Å²) in [5, 5.41) is 5.59. The molecule has 1 aliphatic heterocycles. The Morgan fingerprint density at radius 2 is 1.71 bits per heavy atom. The molecule has 13 heteroatoms. The van der Waals surface area contributed by atoms with Crippen LogP contribution in [0.2, 0.25) is 0 Å². The topological polar surface area (TPSA) is 164 Å². The summed E-state index contributed by atoms with van der Waals surface area (Å²) in [6.07, 6.45) is 8.34. The Balaban J connectivity index is 1.33. The Morgan fingerprint density at radius 3 is 2.43 bits per heavy atom. The standard InChI is InChI=1S/C36H47N5O7S/c1-23-12-14-26(29-15-13-24(2)22-37-29)31(19-23)39-35(45)48-25-20-27-28(21-25)34(44)41(4)18-10-8-6-5-7-9-11-30(38-32(27)42)33(43)40-49(46,47)36(3)16-17-36/h5,7,12-15,19,22,25,27-28,30H,6,8-11,16-18,20-21H2,1-4H3,(H,38,42)(H,39,45)(H,40,43). The number of carbonyl (C=O) groups is 4. The summed E-state index contributed by atoms with van der Waals surface area (Å²) in [6.45, 7) is 5.94. The Hall–Kier alpha value is -4.26. The van der Waals surface area contributed by atoms with E-state index in [0.717, 1.165) is 30.4 Å². The monoisotopic (exact) mass is 693 g/mol. The molecule has 4 atom stereocenters. The van der Waals surface area contributed by atoms with Crippen LogP contribution in [-0.4, -0.2) is 72.6 Å². The number of pyridine rings is 1. The van der Waals surface area contributed by atoms with Crippen molar-refractivity contribution in [2.75, 3.05) is 18.9 Å². The van der Waals surface area contributed by atoms with Gasteiger partial charge in [0.15, 0.2) is 0 Å². The number of rotatable bonds is 6. The van der Waals surface area contributed by atoms with E-state index >= 15 is 0 Å². The molecule has 0 saturated heterocycles. The second-order valence-corrected chi connectivity index (χ2v) is 16.1. The van der Waals surface area contributed by atoms with Gasteiger partial charge in [-0.15, -0.1) is 0 Å². The SMILES string of the molecule is Cc1ccc(-c2ccc(C)cc2NC(=O)OC2CC3C(=O)NC(C(=O)NS(=O)(=O)C4(C)CC4)CCC=CCCCCN(C)C(=O)C3C2)nc1. The molecule has 1 aromatic carbocycles. The Labute approximate surface area is 288 Å². The number of hydrogen-bond acceptors (Lipinski definition) is 8. The van der Waals surface area contributed by atoms with Crippen molar-refractivity contribution in [3.8, 4) is 11.3 Å². The first-order chi connectivity index (χ1) is 23.3. The van der Waals surface area contributed by atoms with E-state index in [4.69, 9.17) is 4.74 Å². The number of ether oxygens (including phenoxy) is 1. The van der Waals surface area contributed by atoms with Crippen LogP contribution in [0.5, 0.6) is 0 Å². The summed E-state index contributed by atoms with van der Waals surface area (Å²) < 4.78 is 32.7. The zero-order valence-electron chi connectivity index (χ0n) is 28.7. The van der Waals surface area contributed by atoms with Crippen LogP contribution in [0.4, 0.5) is 10.5 Å². The predicted molar refractivity (Wildman–Crippen MR) is 186 cm³/mol. The largest absolute Gasteiger partial charge is 0.446 e. The third-order valence-corrected chi connectivity index (χ3v) is 12.0. The Bertz CT molecular complexity index is 1700. The number of hydrogen-bond donors (Lipinski definition) is 3. The second-order valence-electron chi connectivity index (χ2n) is 13.9. The van der Waals surface area contributed by atoms with Gasteiger partial charge in [0.25, 0.3) is 5.91 Å². The van der Waals surface area contributed by atoms with Crippen molar-refractivity contribution in [3.05, 3.63) is 59.8 Å². The number of carbonyl (C=O) groups excluding carboxylic acids is 4. The maximum atomic E-state index is 13.9. The zero-order valence-corrected chi connectivity index (χ0v) is 29.5. The van der Waals surface area contributed by atoms with Crippen molar-refractivity contribution in [1.82, 2.24) is 19.9 Å². The average molecular weight is 694 g/mol. The van der Waals surface area contributed by atoms with Crippen molar-refractivity contribution < 1.29 is 32.3 Å². The molecule has 0 spiro atoms. The lowest BCUT2D eigenvalue weighted by Crippen LogP contribution is -2.52. The van der Waals surface area contributed by atoms with Gasteiger partial charge >= 0.3 is 6.09 Å². The van der Waals surface area contributed by atoms with E-state index in [1.54, 1.807) is 25.1 Å². The molecule has 4 amide bonds. The van der Waals surface area contributed by atoms with E-state index in [0.29, 0.717) is 42.8 Å². The molecule has 3 aliphatic rings. The van der Waals surface area contributed by atoms with Crippen LogP contribution < -0.4 is 15.4 Å². The zero-order chi connectivity index (χ0) is 35.3. The van der Waals surface area contributed by atoms with Crippen molar-refractivity contribution in [2.45, 2.75) is 95.5 Å². The number of benzene rings is 1. The number of fused-ring (bicyclic) bond motifs is 1. The summed E-state index contributed by atoms with van der Waals surface area (Å²) in [7, 11) is -2.23. The number of allylic oxidation sites excluding steroid dienone is 2. The molecule has 264 valence electrons. The van der Waals surface area contributed by atoms with Gasteiger partial charge in [0.2, 0.25) is 21.8 Å². The highest BCUT2D eigenvalue weighted by Gasteiger charge is 2.51. The molecule has 2 aromatic rings. The lowest BCUT2D eigenvalue weighted by Gasteiger charge is -2.26.